The SMILES string of the molecule is c1ccc(N(c2ccccc2)c2ccc(-c3cc4sccc4c4c3ccc3c5ccccc5n(-c5ccccc5)c34)cc2)cc1. The monoisotopic (exact) mass is 592 g/mol. The van der Waals surface area contributed by atoms with E-state index >= 15 is 0 Å². The fourth-order valence-corrected chi connectivity index (χ4v) is 7.71. The van der Waals surface area contributed by atoms with Crippen LogP contribution in [-0.2, 0) is 0 Å². The van der Waals surface area contributed by atoms with Crippen molar-refractivity contribution in [1.82, 2.24) is 4.57 Å². The molecule has 212 valence electrons. The zero-order valence-electron chi connectivity index (χ0n) is 24.5. The quantitative estimate of drug-likeness (QED) is 0.193. The molecule has 7 aromatic carbocycles. The molecule has 2 aromatic heterocycles. The average molecular weight is 593 g/mol. The number of hydrogen-bond donors (Lipinski definition) is 0. The van der Waals surface area contributed by atoms with Gasteiger partial charge in [0, 0.05) is 49.0 Å². The third-order valence-electron chi connectivity index (χ3n) is 8.85. The molecule has 9 rings (SSSR count). The molecule has 0 unspecified atom stereocenters. The van der Waals surface area contributed by atoms with Crippen molar-refractivity contribution < 1.29 is 0 Å². The summed E-state index contributed by atoms with van der Waals surface area (Å²) in [5.41, 5.74) is 9.54. The van der Waals surface area contributed by atoms with Crippen LogP contribution >= 0.6 is 11.3 Å². The summed E-state index contributed by atoms with van der Waals surface area (Å²) in [5.74, 6) is 0. The second kappa shape index (κ2) is 10.5. The molecule has 0 saturated heterocycles. The fourth-order valence-electron chi connectivity index (χ4n) is 6.88. The molecule has 0 bridgehead atoms. The molecule has 9 aromatic rings. The summed E-state index contributed by atoms with van der Waals surface area (Å²) in [4.78, 5) is 2.31. The molecule has 45 heavy (non-hydrogen) atoms. The van der Waals surface area contributed by atoms with Gasteiger partial charge in [-0.25, -0.2) is 0 Å². The summed E-state index contributed by atoms with van der Waals surface area (Å²) < 4.78 is 3.75. The lowest BCUT2D eigenvalue weighted by Crippen LogP contribution is -2.09. The standard InChI is InChI=1S/C42H28N2S/c1-4-12-30(13-5-1)43(31-14-6-2-7-15-31)33-22-20-29(21-23-33)38-28-40-37(26-27-45-40)41-35(38)24-25-36-34-18-10-11-19-39(34)44(42(36)41)32-16-8-3-9-17-32/h1-28H. The lowest BCUT2D eigenvalue weighted by Gasteiger charge is -2.25. The number of rotatable bonds is 5. The number of benzene rings is 7. The van der Waals surface area contributed by atoms with Crippen LogP contribution in [0.25, 0.3) is 59.5 Å². The number of fused-ring (bicyclic) bond motifs is 7. The van der Waals surface area contributed by atoms with E-state index in [-0.39, 0.29) is 0 Å². The Labute approximate surface area is 265 Å². The van der Waals surface area contributed by atoms with E-state index in [1.807, 2.05) is 11.3 Å². The van der Waals surface area contributed by atoms with Gasteiger partial charge in [-0.1, -0.05) is 97.1 Å². The van der Waals surface area contributed by atoms with Crippen molar-refractivity contribution in [2.24, 2.45) is 0 Å². The molecule has 2 nitrogen and oxygen atoms in total. The van der Waals surface area contributed by atoms with Gasteiger partial charge >= 0.3 is 0 Å². The number of para-hydroxylation sites is 4. The van der Waals surface area contributed by atoms with Gasteiger partial charge < -0.3 is 9.47 Å². The first-order valence-electron chi connectivity index (χ1n) is 15.3. The first kappa shape index (κ1) is 25.8. The molecule has 0 radical (unpaired) electrons. The van der Waals surface area contributed by atoms with Gasteiger partial charge in [-0.15, -0.1) is 11.3 Å². The Morgan fingerprint density at radius 3 is 1.78 bits per heavy atom. The van der Waals surface area contributed by atoms with Crippen LogP contribution in [0.15, 0.2) is 169 Å². The Hall–Kier alpha value is -5.64. The summed E-state index contributed by atoms with van der Waals surface area (Å²) in [6, 6.07) is 59.1. The van der Waals surface area contributed by atoms with Gasteiger partial charge in [0.1, 0.15) is 0 Å². The van der Waals surface area contributed by atoms with E-state index in [9.17, 15) is 0 Å². The van der Waals surface area contributed by atoms with E-state index < -0.39 is 0 Å². The first-order chi connectivity index (χ1) is 22.3. The Morgan fingerprint density at radius 1 is 0.467 bits per heavy atom. The van der Waals surface area contributed by atoms with Crippen LogP contribution in [0.5, 0.6) is 0 Å². The van der Waals surface area contributed by atoms with Crippen molar-refractivity contribution >= 4 is 71.1 Å². The molecular formula is C42H28N2S. The number of aromatic nitrogens is 1. The Balaban J connectivity index is 1.29. The van der Waals surface area contributed by atoms with Crippen LogP contribution in [0.3, 0.4) is 0 Å². The van der Waals surface area contributed by atoms with Gasteiger partial charge in [-0.2, -0.15) is 0 Å². The zero-order valence-corrected chi connectivity index (χ0v) is 25.3. The highest BCUT2D eigenvalue weighted by molar-refractivity contribution is 7.17. The molecule has 0 atom stereocenters. The molecule has 0 saturated carbocycles. The highest BCUT2D eigenvalue weighted by Crippen LogP contribution is 2.44. The second-order valence-electron chi connectivity index (χ2n) is 11.4. The normalized spacial score (nSPS) is 11.6. The van der Waals surface area contributed by atoms with Crippen molar-refractivity contribution in [2.45, 2.75) is 0 Å². The van der Waals surface area contributed by atoms with Crippen LogP contribution in [0.2, 0.25) is 0 Å². The maximum atomic E-state index is 2.45. The second-order valence-corrected chi connectivity index (χ2v) is 12.3. The van der Waals surface area contributed by atoms with E-state index in [4.69, 9.17) is 0 Å². The van der Waals surface area contributed by atoms with E-state index in [1.54, 1.807) is 0 Å². The molecule has 2 heterocycles. The first-order valence-corrected chi connectivity index (χ1v) is 16.2. The van der Waals surface area contributed by atoms with Crippen LogP contribution in [0.1, 0.15) is 0 Å². The van der Waals surface area contributed by atoms with Crippen LogP contribution in [0.4, 0.5) is 17.1 Å². The third kappa shape index (κ3) is 4.16. The number of anilines is 3. The molecule has 0 N–H and O–H groups in total. The van der Waals surface area contributed by atoms with Gasteiger partial charge in [0.25, 0.3) is 0 Å². The molecule has 0 amide bonds. The lowest BCUT2D eigenvalue weighted by molar-refractivity contribution is 1.19. The summed E-state index contributed by atoms with van der Waals surface area (Å²) in [5, 5.41) is 8.66. The van der Waals surface area contributed by atoms with E-state index in [2.05, 4.69) is 179 Å². The zero-order chi connectivity index (χ0) is 29.7. The summed E-state index contributed by atoms with van der Waals surface area (Å²) in [7, 11) is 0. The Morgan fingerprint density at radius 2 is 1.07 bits per heavy atom. The molecule has 0 spiro atoms. The minimum absolute atomic E-state index is 1.13. The maximum Gasteiger partial charge on any atom is 0.0626 e. The summed E-state index contributed by atoms with van der Waals surface area (Å²) >= 11 is 1.81. The van der Waals surface area contributed by atoms with Crippen LogP contribution in [0, 0.1) is 0 Å². The minimum Gasteiger partial charge on any atom is -0.311 e. The van der Waals surface area contributed by atoms with Crippen LogP contribution < -0.4 is 4.90 Å². The summed E-state index contributed by atoms with van der Waals surface area (Å²) in [6.07, 6.45) is 0. The van der Waals surface area contributed by atoms with Crippen molar-refractivity contribution in [2.75, 3.05) is 4.90 Å². The molecular weight excluding hydrogens is 565 g/mol. The predicted octanol–water partition coefficient (Wildman–Crippen LogP) is 12.3. The van der Waals surface area contributed by atoms with E-state index in [0.29, 0.717) is 0 Å². The van der Waals surface area contributed by atoms with Crippen molar-refractivity contribution in [1.29, 1.82) is 0 Å². The Kier molecular flexibility index (Phi) is 6.03. The lowest BCUT2D eigenvalue weighted by atomic mass is 9.94. The third-order valence-corrected chi connectivity index (χ3v) is 9.71. The molecule has 0 aliphatic heterocycles. The van der Waals surface area contributed by atoms with Crippen molar-refractivity contribution in [3.8, 4) is 16.8 Å². The highest BCUT2D eigenvalue weighted by atomic mass is 32.1. The minimum atomic E-state index is 1.13. The average Bonchev–Trinajstić information content (AvgIpc) is 3.72. The number of hydrogen-bond acceptors (Lipinski definition) is 2. The molecule has 0 fully saturated rings. The van der Waals surface area contributed by atoms with Gasteiger partial charge in [0.15, 0.2) is 0 Å². The number of thiophene rings is 1. The van der Waals surface area contributed by atoms with Gasteiger partial charge in [0.2, 0.25) is 0 Å². The Bertz CT molecular complexity index is 2420. The van der Waals surface area contributed by atoms with Gasteiger partial charge in [0.05, 0.1) is 11.0 Å². The van der Waals surface area contributed by atoms with Gasteiger partial charge in [-0.05, 0) is 88.6 Å². The fraction of sp³-hybridized carbons (Fsp3) is 0. The number of nitrogens with zero attached hydrogens (tertiary/aromatic N) is 2. The molecule has 3 heteroatoms. The predicted molar refractivity (Wildman–Crippen MR) is 194 cm³/mol. The topological polar surface area (TPSA) is 8.17 Å². The van der Waals surface area contributed by atoms with Gasteiger partial charge in [-0.3, -0.25) is 0 Å². The van der Waals surface area contributed by atoms with E-state index in [0.717, 1.165) is 17.1 Å². The maximum absolute atomic E-state index is 2.45. The molecule has 0 aliphatic rings. The van der Waals surface area contributed by atoms with Crippen molar-refractivity contribution in [3.63, 3.8) is 0 Å². The highest BCUT2D eigenvalue weighted by Gasteiger charge is 2.19. The van der Waals surface area contributed by atoms with Crippen LogP contribution in [-0.4, -0.2) is 4.57 Å². The van der Waals surface area contributed by atoms with E-state index in [1.165, 1.54) is 59.5 Å². The summed E-state index contributed by atoms with van der Waals surface area (Å²) in [6.45, 7) is 0. The van der Waals surface area contributed by atoms with Crippen molar-refractivity contribution in [3.05, 3.63) is 169 Å². The largest absolute Gasteiger partial charge is 0.311 e. The molecule has 0 aliphatic carbocycles. The smallest absolute Gasteiger partial charge is 0.0626 e.